The van der Waals surface area contributed by atoms with Crippen LogP contribution in [-0.4, -0.2) is 72.8 Å². The monoisotopic (exact) mass is 410 g/mol. The molecule has 0 aromatic rings. The maximum atomic E-state index is 12.6. The van der Waals surface area contributed by atoms with Crippen LogP contribution in [-0.2, 0) is 14.4 Å². The molecule has 0 aliphatic carbocycles. The van der Waals surface area contributed by atoms with Crippen LogP contribution in [0.5, 0.6) is 0 Å². The zero-order chi connectivity index (χ0) is 22.0. The molecule has 168 valence electrons. The van der Waals surface area contributed by atoms with Gasteiger partial charge in [-0.05, 0) is 37.0 Å². The molecule has 0 aromatic heterocycles. The Labute approximate surface area is 177 Å². The molecule has 7 heteroatoms. The number of nitrogens with zero attached hydrogens (tertiary/aromatic N) is 2. The summed E-state index contributed by atoms with van der Waals surface area (Å²) >= 11 is 0. The second-order valence-corrected chi connectivity index (χ2v) is 9.39. The average Bonchev–Trinajstić information content (AvgIpc) is 2.63. The van der Waals surface area contributed by atoms with Crippen molar-refractivity contribution in [2.24, 2.45) is 17.8 Å². The van der Waals surface area contributed by atoms with E-state index < -0.39 is 0 Å². The van der Waals surface area contributed by atoms with Gasteiger partial charge in [0, 0.05) is 39.6 Å². The van der Waals surface area contributed by atoms with E-state index in [-0.39, 0.29) is 30.3 Å². The second kappa shape index (κ2) is 12.8. The third-order valence-corrected chi connectivity index (χ3v) is 5.02. The summed E-state index contributed by atoms with van der Waals surface area (Å²) in [7, 11) is 0. The number of carbonyl (C=O) groups excluding carboxylic acids is 3. The summed E-state index contributed by atoms with van der Waals surface area (Å²) in [6.07, 6.45) is 2.60. The molecule has 3 amide bonds. The number of amides is 3. The first-order valence-electron chi connectivity index (χ1n) is 11.1. The van der Waals surface area contributed by atoms with Crippen LogP contribution in [0.15, 0.2) is 0 Å². The van der Waals surface area contributed by atoms with Crippen molar-refractivity contribution in [1.82, 2.24) is 20.4 Å². The number of rotatable bonds is 6. The number of piperidine rings is 1. The fraction of sp³-hybridized carbons (Fsp3) is 0.864. The maximum absolute atomic E-state index is 12.6. The predicted molar refractivity (Wildman–Crippen MR) is 116 cm³/mol. The smallest absolute Gasteiger partial charge is 0.242 e. The van der Waals surface area contributed by atoms with Crippen molar-refractivity contribution in [2.75, 3.05) is 39.3 Å². The van der Waals surface area contributed by atoms with Gasteiger partial charge in [0.15, 0.2) is 0 Å². The highest BCUT2D eigenvalue weighted by Gasteiger charge is 2.31. The van der Waals surface area contributed by atoms with Gasteiger partial charge in [0.05, 0.1) is 12.6 Å². The highest BCUT2D eigenvalue weighted by Crippen LogP contribution is 2.17. The van der Waals surface area contributed by atoms with E-state index in [4.69, 9.17) is 0 Å². The van der Waals surface area contributed by atoms with Crippen LogP contribution in [0, 0.1) is 17.8 Å². The summed E-state index contributed by atoms with van der Waals surface area (Å²) in [5.74, 6) is 1.79. The van der Waals surface area contributed by atoms with Crippen LogP contribution in [0.4, 0.5) is 0 Å². The summed E-state index contributed by atoms with van der Waals surface area (Å²) in [5.41, 5.74) is 0. The molecule has 0 spiro atoms. The van der Waals surface area contributed by atoms with Gasteiger partial charge in [-0.15, -0.1) is 0 Å². The molecule has 0 bridgehead atoms. The average molecular weight is 411 g/mol. The first kappa shape index (κ1) is 25.4. The Bertz CT molecular complexity index is 525. The van der Waals surface area contributed by atoms with E-state index in [0.717, 1.165) is 31.7 Å². The van der Waals surface area contributed by atoms with Crippen LogP contribution in [0.3, 0.4) is 0 Å². The van der Waals surface area contributed by atoms with Crippen molar-refractivity contribution < 1.29 is 14.4 Å². The summed E-state index contributed by atoms with van der Waals surface area (Å²) < 4.78 is 0. The van der Waals surface area contributed by atoms with Crippen LogP contribution >= 0.6 is 0 Å². The molecular formula is C22H42N4O3. The van der Waals surface area contributed by atoms with Crippen molar-refractivity contribution >= 4 is 17.7 Å². The standard InChI is InChI=1S/C18H32N4O3.C4H10/c1-13(2)10-16-18(25)22(9-6-19-16)12-17(24)21-7-4-15(5-8-21)11-20-14(3)23;1-4(2)3/h13,15-16,19H,4-12H2,1-3H3,(H,20,23);4H,1-3H3. The lowest BCUT2D eigenvalue weighted by atomic mass is 9.96. The van der Waals surface area contributed by atoms with E-state index in [2.05, 4.69) is 45.3 Å². The van der Waals surface area contributed by atoms with E-state index in [1.165, 1.54) is 6.92 Å². The summed E-state index contributed by atoms with van der Waals surface area (Å²) in [5, 5.41) is 6.11. The topological polar surface area (TPSA) is 81.8 Å². The molecular weight excluding hydrogens is 368 g/mol. The lowest BCUT2D eigenvalue weighted by Crippen LogP contribution is -2.57. The van der Waals surface area contributed by atoms with E-state index in [0.29, 0.717) is 38.0 Å². The predicted octanol–water partition coefficient (Wildman–Crippen LogP) is 1.87. The van der Waals surface area contributed by atoms with Gasteiger partial charge in [0.1, 0.15) is 0 Å². The van der Waals surface area contributed by atoms with Crippen LogP contribution < -0.4 is 10.6 Å². The Balaban J connectivity index is 0.000000960. The van der Waals surface area contributed by atoms with Crippen molar-refractivity contribution in [3.63, 3.8) is 0 Å². The molecule has 2 aliphatic rings. The Kier molecular flexibility index (Phi) is 11.2. The minimum Gasteiger partial charge on any atom is -0.356 e. The SMILES string of the molecule is CC(=O)NCC1CCN(C(=O)CN2CCNC(CC(C)C)C2=O)CC1.CC(C)C. The van der Waals surface area contributed by atoms with Crippen molar-refractivity contribution in [2.45, 2.75) is 66.8 Å². The third-order valence-electron chi connectivity index (χ3n) is 5.02. The zero-order valence-electron chi connectivity index (χ0n) is 19.3. The lowest BCUT2D eigenvalue weighted by molar-refractivity contribution is -0.144. The molecule has 29 heavy (non-hydrogen) atoms. The molecule has 2 heterocycles. The van der Waals surface area contributed by atoms with E-state index in [1.807, 2.05) is 4.90 Å². The molecule has 0 aromatic carbocycles. The third kappa shape index (κ3) is 10.1. The zero-order valence-corrected chi connectivity index (χ0v) is 19.3. The number of piperazine rings is 1. The highest BCUT2D eigenvalue weighted by atomic mass is 16.2. The van der Waals surface area contributed by atoms with Gasteiger partial charge in [0.2, 0.25) is 17.7 Å². The highest BCUT2D eigenvalue weighted by molar-refractivity contribution is 5.88. The molecule has 0 saturated carbocycles. The Morgan fingerprint density at radius 3 is 2.21 bits per heavy atom. The molecule has 2 aliphatic heterocycles. The number of hydrogen-bond acceptors (Lipinski definition) is 4. The van der Waals surface area contributed by atoms with Gasteiger partial charge in [-0.2, -0.15) is 0 Å². The molecule has 2 N–H and O–H groups in total. The minimum absolute atomic E-state index is 0.00771. The van der Waals surface area contributed by atoms with Crippen molar-refractivity contribution in [3.05, 3.63) is 0 Å². The number of carbonyl (C=O) groups is 3. The van der Waals surface area contributed by atoms with Gasteiger partial charge >= 0.3 is 0 Å². The number of hydrogen-bond donors (Lipinski definition) is 2. The Morgan fingerprint density at radius 2 is 1.69 bits per heavy atom. The second-order valence-electron chi connectivity index (χ2n) is 9.39. The quantitative estimate of drug-likeness (QED) is 0.700. The van der Waals surface area contributed by atoms with Gasteiger partial charge in [-0.3, -0.25) is 14.4 Å². The first-order valence-corrected chi connectivity index (χ1v) is 11.1. The summed E-state index contributed by atoms with van der Waals surface area (Å²) in [6, 6.07) is -0.162. The molecule has 2 rings (SSSR count). The van der Waals surface area contributed by atoms with Crippen molar-refractivity contribution in [3.8, 4) is 0 Å². The van der Waals surface area contributed by atoms with Gasteiger partial charge < -0.3 is 20.4 Å². The molecule has 1 unspecified atom stereocenters. The molecule has 7 nitrogen and oxygen atoms in total. The number of nitrogens with one attached hydrogen (secondary N) is 2. The molecule has 2 fully saturated rings. The fourth-order valence-corrected chi connectivity index (χ4v) is 3.54. The van der Waals surface area contributed by atoms with Crippen molar-refractivity contribution in [1.29, 1.82) is 0 Å². The maximum Gasteiger partial charge on any atom is 0.242 e. The lowest BCUT2D eigenvalue weighted by Gasteiger charge is -2.36. The van der Waals surface area contributed by atoms with Crippen LogP contribution in [0.25, 0.3) is 0 Å². The Hall–Kier alpha value is -1.63. The van der Waals surface area contributed by atoms with Gasteiger partial charge in [-0.25, -0.2) is 0 Å². The first-order chi connectivity index (χ1) is 13.6. The fourth-order valence-electron chi connectivity index (χ4n) is 3.54. The number of likely N-dealkylation sites (tertiary alicyclic amines) is 1. The van der Waals surface area contributed by atoms with Crippen LogP contribution in [0.1, 0.15) is 60.8 Å². The molecule has 1 atom stereocenters. The Morgan fingerprint density at radius 1 is 1.10 bits per heavy atom. The van der Waals surface area contributed by atoms with Gasteiger partial charge in [-0.1, -0.05) is 34.6 Å². The summed E-state index contributed by atoms with van der Waals surface area (Å²) in [6.45, 7) is 15.9. The van der Waals surface area contributed by atoms with E-state index in [1.54, 1.807) is 4.90 Å². The normalized spacial score (nSPS) is 20.6. The van der Waals surface area contributed by atoms with Crippen LogP contribution in [0.2, 0.25) is 0 Å². The van der Waals surface area contributed by atoms with Gasteiger partial charge in [0.25, 0.3) is 0 Å². The summed E-state index contributed by atoms with van der Waals surface area (Å²) in [4.78, 5) is 39.6. The van der Waals surface area contributed by atoms with E-state index in [9.17, 15) is 14.4 Å². The molecule has 0 radical (unpaired) electrons. The minimum atomic E-state index is -0.162. The van der Waals surface area contributed by atoms with E-state index >= 15 is 0 Å². The largest absolute Gasteiger partial charge is 0.356 e. The molecule has 2 saturated heterocycles.